The average molecular weight is 445 g/mol. The molecule has 5 heteroatoms. The van der Waals surface area contributed by atoms with Gasteiger partial charge in [0.15, 0.2) is 0 Å². The first-order valence-corrected chi connectivity index (χ1v) is 12.4. The Morgan fingerprint density at radius 3 is 2.36 bits per heavy atom. The molecule has 0 amide bonds. The number of fused-ring (bicyclic) bond motifs is 2. The lowest BCUT2D eigenvalue weighted by Crippen LogP contribution is -2.51. The maximum atomic E-state index is 13.7. The maximum absolute atomic E-state index is 13.7. The second-order valence-corrected chi connectivity index (χ2v) is 10.0. The molecule has 0 atom stereocenters. The lowest BCUT2D eigenvalue weighted by Gasteiger charge is -2.42. The van der Waals surface area contributed by atoms with Crippen molar-refractivity contribution in [2.75, 3.05) is 31.1 Å². The van der Waals surface area contributed by atoms with Gasteiger partial charge in [-0.1, -0.05) is 6.07 Å². The molecule has 1 saturated carbocycles. The van der Waals surface area contributed by atoms with Crippen LogP contribution in [0.1, 0.15) is 37.2 Å². The molecular formula is C28H33FN4. The van der Waals surface area contributed by atoms with Gasteiger partial charge in [-0.15, -0.1) is 0 Å². The standard InChI is InChI=1S/C28H33FN4/c1-30-13-12-24-26(30)4-3-5-27(24)33-16-14-32(15-17-33)22-9-6-20(7-10-22)25-19-31(2)28-18-21(29)8-11-23(25)28/h3-5,8,11-13,18-20,22H,6-7,9-10,14-17H2,1-2H3. The molecule has 4 aromatic rings. The molecule has 0 N–H and O–H groups in total. The van der Waals surface area contributed by atoms with E-state index in [1.807, 2.05) is 13.1 Å². The third-order valence-corrected chi connectivity index (χ3v) is 8.20. The quantitative estimate of drug-likeness (QED) is 0.406. The van der Waals surface area contributed by atoms with Crippen LogP contribution in [0, 0.1) is 5.82 Å². The van der Waals surface area contributed by atoms with Crippen LogP contribution in [0.3, 0.4) is 0 Å². The zero-order valence-electron chi connectivity index (χ0n) is 19.7. The van der Waals surface area contributed by atoms with E-state index < -0.39 is 0 Å². The van der Waals surface area contributed by atoms with Crippen LogP contribution in [0.25, 0.3) is 21.8 Å². The summed E-state index contributed by atoms with van der Waals surface area (Å²) in [6, 6.07) is 14.9. The summed E-state index contributed by atoms with van der Waals surface area (Å²) in [7, 11) is 4.16. The fraction of sp³-hybridized carbons (Fsp3) is 0.429. The highest BCUT2D eigenvalue weighted by Gasteiger charge is 2.30. The number of aromatic nitrogens is 2. The highest BCUT2D eigenvalue weighted by Crippen LogP contribution is 2.39. The number of hydrogen-bond acceptors (Lipinski definition) is 2. The lowest BCUT2D eigenvalue weighted by molar-refractivity contribution is 0.141. The number of hydrogen-bond donors (Lipinski definition) is 0. The second-order valence-electron chi connectivity index (χ2n) is 10.0. The number of halogens is 1. The molecule has 0 radical (unpaired) electrons. The van der Waals surface area contributed by atoms with Gasteiger partial charge < -0.3 is 14.0 Å². The van der Waals surface area contributed by atoms with Crippen LogP contribution < -0.4 is 4.90 Å². The number of aryl methyl sites for hydroxylation is 2. The van der Waals surface area contributed by atoms with Gasteiger partial charge in [-0.05, 0) is 73.6 Å². The Bertz CT molecular complexity index is 1290. The summed E-state index contributed by atoms with van der Waals surface area (Å²) in [6.07, 6.45) is 9.37. The van der Waals surface area contributed by atoms with E-state index in [1.165, 1.54) is 53.2 Å². The van der Waals surface area contributed by atoms with Crippen molar-refractivity contribution in [1.82, 2.24) is 14.0 Å². The Labute approximate surface area is 195 Å². The van der Waals surface area contributed by atoms with E-state index >= 15 is 0 Å². The summed E-state index contributed by atoms with van der Waals surface area (Å²) in [5.41, 5.74) is 5.11. The minimum absolute atomic E-state index is 0.151. The Morgan fingerprint density at radius 1 is 0.788 bits per heavy atom. The monoisotopic (exact) mass is 444 g/mol. The number of benzene rings is 2. The summed E-state index contributed by atoms with van der Waals surface area (Å²) in [5, 5.41) is 2.59. The first-order valence-electron chi connectivity index (χ1n) is 12.4. The van der Waals surface area contributed by atoms with E-state index in [0.717, 1.165) is 31.7 Å². The molecule has 2 aromatic carbocycles. The molecule has 1 aliphatic heterocycles. The third-order valence-electron chi connectivity index (χ3n) is 8.20. The van der Waals surface area contributed by atoms with Gasteiger partial charge in [0.25, 0.3) is 0 Å². The molecule has 2 aromatic heterocycles. The van der Waals surface area contributed by atoms with Crippen LogP contribution in [-0.2, 0) is 14.1 Å². The normalized spacial score (nSPS) is 22.5. The van der Waals surface area contributed by atoms with Crippen molar-refractivity contribution in [3.63, 3.8) is 0 Å². The molecule has 172 valence electrons. The van der Waals surface area contributed by atoms with E-state index in [4.69, 9.17) is 0 Å². The third kappa shape index (κ3) is 3.63. The van der Waals surface area contributed by atoms with E-state index in [0.29, 0.717) is 12.0 Å². The van der Waals surface area contributed by atoms with Crippen LogP contribution in [0.2, 0.25) is 0 Å². The maximum Gasteiger partial charge on any atom is 0.125 e. The van der Waals surface area contributed by atoms with Crippen molar-refractivity contribution in [2.24, 2.45) is 14.1 Å². The van der Waals surface area contributed by atoms with Crippen LogP contribution in [0.15, 0.2) is 54.9 Å². The van der Waals surface area contributed by atoms with Crippen molar-refractivity contribution >= 4 is 27.5 Å². The molecule has 6 rings (SSSR count). The molecule has 1 saturated heterocycles. The van der Waals surface area contributed by atoms with Crippen LogP contribution in [0.4, 0.5) is 10.1 Å². The highest BCUT2D eigenvalue weighted by atomic mass is 19.1. The number of rotatable bonds is 3. The Kier molecular flexibility index (Phi) is 5.17. The molecular weight excluding hydrogens is 411 g/mol. The first kappa shape index (κ1) is 20.8. The summed E-state index contributed by atoms with van der Waals surface area (Å²) in [5.74, 6) is 0.439. The molecule has 0 spiro atoms. The predicted molar refractivity (Wildman–Crippen MR) is 135 cm³/mol. The molecule has 33 heavy (non-hydrogen) atoms. The molecule has 1 aliphatic carbocycles. The lowest BCUT2D eigenvalue weighted by atomic mass is 9.81. The van der Waals surface area contributed by atoms with Crippen molar-refractivity contribution < 1.29 is 4.39 Å². The summed E-state index contributed by atoms with van der Waals surface area (Å²) < 4.78 is 18.0. The van der Waals surface area contributed by atoms with Gasteiger partial charge >= 0.3 is 0 Å². The molecule has 3 heterocycles. The van der Waals surface area contributed by atoms with Gasteiger partial charge in [-0.3, -0.25) is 4.90 Å². The zero-order valence-corrected chi connectivity index (χ0v) is 19.7. The van der Waals surface area contributed by atoms with Crippen LogP contribution in [-0.4, -0.2) is 46.3 Å². The van der Waals surface area contributed by atoms with Gasteiger partial charge in [-0.2, -0.15) is 0 Å². The minimum atomic E-state index is -0.151. The fourth-order valence-corrected chi connectivity index (χ4v) is 6.36. The topological polar surface area (TPSA) is 16.3 Å². The fourth-order valence-electron chi connectivity index (χ4n) is 6.36. The Balaban J connectivity index is 1.10. The second kappa shape index (κ2) is 8.21. The highest BCUT2D eigenvalue weighted by molar-refractivity contribution is 5.93. The van der Waals surface area contributed by atoms with Gasteiger partial charge in [0.1, 0.15) is 5.82 Å². The summed E-state index contributed by atoms with van der Waals surface area (Å²) in [6.45, 7) is 4.49. The Hall–Kier alpha value is -2.79. The van der Waals surface area contributed by atoms with Crippen LogP contribution in [0.5, 0.6) is 0 Å². The number of nitrogens with zero attached hydrogens (tertiary/aromatic N) is 4. The molecule has 0 unspecified atom stereocenters. The van der Waals surface area contributed by atoms with Gasteiger partial charge in [0, 0.05) is 80.7 Å². The van der Waals surface area contributed by atoms with Crippen molar-refractivity contribution in [1.29, 1.82) is 0 Å². The smallest absolute Gasteiger partial charge is 0.125 e. The zero-order chi connectivity index (χ0) is 22.5. The summed E-state index contributed by atoms with van der Waals surface area (Å²) in [4.78, 5) is 5.30. The molecule has 2 fully saturated rings. The minimum Gasteiger partial charge on any atom is -0.368 e. The SMILES string of the molecule is Cn1cc(C2CCC(N3CCN(c4cccc5c4ccn5C)CC3)CC2)c2ccc(F)cc21. The Morgan fingerprint density at radius 2 is 1.58 bits per heavy atom. The number of anilines is 1. The van der Waals surface area contributed by atoms with Crippen molar-refractivity contribution in [3.8, 4) is 0 Å². The van der Waals surface area contributed by atoms with Gasteiger partial charge in [0.05, 0.1) is 5.52 Å². The van der Waals surface area contributed by atoms with E-state index in [-0.39, 0.29) is 5.82 Å². The average Bonchev–Trinajstić information content (AvgIpc) is 3.39. The number of piperazine rings is 1. The van der Waals surface area contributed by atoms with E-state index in [1.54, 1.807) is 12.1 Å². The molecule has 4 nitrogen and oxygen atoms in total. The van der Waals surface area contributed by atoms with Gasteiger partial charge in [0.2, 0.25) is 0 Å². The van der Waals surface area contributed by atoms with Crippen molar-refractivity contribution in [3.05, 3.63) is 66.2 Å². The van der Waals surface area contributed by atoms with E-state index in [2.05, 4.69) is 62.6 Å². The van der Waals surface area contributed by atoms with E-state index in [9.17, 15) is 4.39 Å². The van der Waals surface area contributed by atoms with Crippen LogP contribution >= 0.6 is 0 Å². The molecule has 2 aliphatic rings. The van der Waals surface area contributed by atoms with Gasteiger partial charge in [-0.25, -0.2) is 4.39 Å². The molecule has 0 bridgehead atoms. The largest absolute Gasteiger partial charge is 0.368 e. The summed E-state index contributed by atoms with van der Waals surface area (Å²) >= 11 is 0. The van der Waals surface area contributed by atoms with Crippen molar-refractivity contribution in [2.45, 2.75) is 37.6 Å². The first-order chi connectivity index (χ1) is 16.1. The predicted octanol–water partition coefficient (Wildman–Crippen LogP) is 5.66.